The largest absolute Gasteiger partial charge is 0.134 e. The SMILES string of the molecule is CC1(C)c2ccccc2-c2cc(-c3cc(-c4ccccc4)cc4c3sc3c(-c5ccc6c(c5)-c5ccccc5C6(C)C)cc(-c5ccccc5)cc34)ccc21. The number of hydrogen-bond acceptors (Lipinski definition) is 1. The van der Waals surface area contributed by atoms with Crippen molar-refractivity contribution in [3.05, 3.63) is 192 Å². The van der Waals surface area contributed by atoms with Crippen molar-refractivity contribution >= 4 is 31.5 Å². The summed E-state index contributed by atoms with van der Waals surface area (Å²) in [7, 11) is 0. The first-order valence-corrected chi connectivity index (χ1v) is 20.2. The van der Waals surface area contributed by atoms with Crippen LogP contribution in [0.15, 0.2) is 170 Å². The van der Waals surface area contributed by atoms with Crippen LogP contribution in [-0.2, 0) is 10.8 Å². The van der Waals surface area contributed by atoms with Gasteiger partial charge in [-0.25, -0.2) is 0 Å². The molecule has 2 aliphatic carbocycles. The Kier molecular flexibility index (Phi) is 6.92. The van der Waals surface area contributed by atoms with Gasteiger partial charge in [0.1, 0.15) is 0 Å². The summed E-state index contributed by atoms with van der Waals surface area (Å²) in [5, 5.41) is 2.62. The first-order chi connectivity index (χ1) is 26.8. The highest BCUT2D eigenvalue weighted by Gasteiger charge is 2.36. The highest BCUT2D eigenvalue weighted by atomic mass is 32.1. The fourth-order valence-corrected chi connectivity index (χ4v) is 11.1. The van der Waals surface area contributed by atoms with E-state index in [1.54, 1.807) is 0 Å². The fourth-order valence-electron chi connectivity index (χ4n) is 9.78. The van der Waals surface area contributed by atoms with E-state index in [0.29, 0.717) is 0 Å². The lowest BCUT2D eigenvalue weighted by atomic mass is 9.82. The van der Waals surface area contributed by atoms with Crippen LogP contribution < -0.4 is 0 Å². The molecule has 0 spiro atoms. The van der Waals surface area contributed by atoms with Crippen LogP contribution in [0.2, 0.25) is 0 Å². The van der Waals surface area contributed by atoms with Crippen LogP contribution in [0, 0.1) is 0 Å². The molecule has 2 aliphatic rings. The first kappa shape index (κ1) is 32.4. The third-order valence-corrected chi connectivity index (χ3v) is 14.0. The molecule has 0 amide bonds. The van der Waals surface area contributed by atoms with E-state index < -0.39 is 0 Å². The van der Waals surface area contributed by atoms with Crippen LogP contribution in [0.25, 0.3) is 86.9 Å². The molecule has 55 heavy (non-hydrogen) atoms. The fraction of sp³-hybridized carbons (Fsp3) is 0.111. The number of thiophene rings is 1. The average Bonchev–Trinajstić information content (AvgIpc) is 3.80. The molecule has 0 unspecified atom stereocenters. The number of rotatable bonds is 4. The Morgan fingerprint density at radius 2 is 0.655 bits per heavy atom. The summed E-state index contributed by atoms with van der Waals surface area (Å²) in [6.45, 7) is 9.45. The zero-order valence-electron chi connectivity index (χ0n) is 31.6. The van der Waals surface area contributed by atoms with Crippen LogP contribution in [-0.4, -0.2) is 0 Å². The summed E-state index contributed by atoms with van der Waals surface area (Å²) >= 11 is 1.95. The van der Waals surface area contributed by atoms with Crippen molar-refractivity contribution in [3.8, 4) is 66.8 Å². The van der Waals surface area contributed by atoms with Gasteiger partial charge in [0, 0.05) is 42.1 Å². The van der Waals surface area contributed by atoms with Crippen LogP contribution in [0.5, 0.6) is 0 Å². The van der Waals surface area contributed by atoms with Crippen LogP contribution in [0.4, 0.5) is 0 Å². The summed E-state index contributed by atoms with van der Waals surface area (Å²) in [6, 6.07) is 63.9. The van der Waals surface area contributed by atoms with Crippen molar-refractivity contribution in [3.63, 3.8) is 0 Å². The quantitative estimate of drug-likeness (QED) is 0.170. The normalized spacial score (nSPS) is 14.5. The van der Waals surface area contributed by atoms with Crippen molar-refractivity contribution < 1.29 is 0 Å². The van der Waals surface area contributed by atoms with Gasteiger partial charge in [0.05, 0.1) is 0 Å². The lowest BCUT2D eigenvalue weighted by Crippen LogP contribution is -2.14. The Balaban J connectivity index is 1.21. The number of benzene rings is 8. The van der Waals surface area contributed by atoms with Gasteiger partial charge in [0.2, 0.25) is 0 Å². The topological polar surface area (TPSA) is 0 Å². The van der Waals surface area contributed by atoms with Crippen molar-refractivity contribution in [1.29, 1.82) is 0 Å². The predicted octanol–water partition coefficient (Wildman–Crippen LogP) is 15.3. The minimum absolute atomic E-state index is 0.0302. The van der Waals surface area contributed by atoms with Crippen molar-refractivity contribution in [2.24, 2.45) is 0 Å². The van der Waals surface area contributed by atoms with E-state index in [4.69, 9.17) is 0 Å². The molecule has 0 saturated carbocycles. The van der Waals surface area contributed by atoms with E-state index in [-0.39, 0.29) is 10.8 Å². The molecule has 0 N–H and O–H groups in total. The molecule has 0 atom stereocenters. The van der Waals surface area contributed by atoms with Gasteiger partial charge in [0.25, 0.3) is 0 Å². The average molecular weight is 721 g/mol. The Hall–Kier alpha value is -6.02. The molecule has 8 aromatic carbocycles. The predicted molar refractivity (Wildman–Crippen MR) is 236 cm³/mol. The minimum Gasteiger partial charge on any atom is -0.134 e. The second kappa shape index (κ2) is 11.7. The van der Waals surface area contributed by atoms with E-state index in [9.17, 15) is 0 Å². The van der Waals surface area contributed by atoms with Gasteiger partial charge in [-0.1, -0.05) is 161 Å². The maximum atomic E-state index is 2.47. The van der Waals surface area contributed by atoms with Gasteiger partial charge in [-0.3, -0.25) is 0 Å². The minimum atomic E-state index is -0.0302. The highest BCUT2D eigenvalue weighted by molar-refractivity contribution is 7.27. The van der Waals surface area contributed by atoms with Gasteiger partial charge >= 0.3 is 0 Å². The molecule has 11 rings (SSSR count). The van der Waals surface area contributed by atoms with Gasteiger partial charge in [0.15, 0.2) is 0 Å². The van der Waals surface area contributed by atoms with Crippen LogP contribution >= 0.6 is 11.3 Å². The van der Waals surface area contributed by atoms with Crippen LogP contribution in [0.1, 0.15) is 49.9 Å². The molecule has 0 aliphatic heterocycles. The van der Waals surface area contributed by atoms with E-state index in [1.165, 1.54) is 109 Å². The van der Waals surface area contributed by atoms with Crippen molar-refractivity contribution in [2.75, 3.05) is 0 Å². The molecule has 262 valence electrons. The molecule has 0 radical (unpaired) electrons. The molecular formula is C54H40S. The summed E-state index contributed by atoms with van der Waals surface area (Å²) < 4.78 is 2.67. The zero-order valence-corrected chi connectivity index (χ0v) is 32.4. The second-order valence-corrected chi connectivity index (χ2v) is 17.5. The molecule has 0 fully saturated rings. The van der Waals surface area contributed by atoms with Gasteiger partial charge < -0.3 is 0 Å². The zero-order chi connectivity index (χ0) is 37.1. The Bertz CT molecular complexity index is 2810. The van der Waals surface area contributed by atoms with Crippen LogP contribution in [0.3, 0.4) is 0 Å². The second-order valence-electron chi connectivity index (χ2n) is 16.5. The lowest BCUT2D eigenvalue weighted by molar-refractivity contribution is 0.660. The van der Waals surface area contributed by atoms with Gasteiger partial charge in [-0.15, -0.1) is 11.3 Å². The maximum Gasteiger partial charge on any atom is 0.0434 e. The van der Waals surface area contributed by atoms with Crippen molar-refractivity contribution in [2.45, 2.75) is 38.5 Å². The van der Waals surface area contributed by atoms with Gasteiger partial charge in [-0.05, 0) is 114 Å². The van der Waals surface area contributed by atoms with Crippen molar-refractivity contribution in [1.82, 2.24) is 0 Å². The monoisotopic (exact) mass is 720 g/mol. The molecule has 0 saturated heterocycles. The lowest BCUT2D eigenvalue weighted by Gasteiger charge is -2.21. The smallest absolute Gasteiger partial charge is 0.0434 e. The number of hydrogen-bond donors (Lipinski definition) is 0. The summed E-state index contributed by atoms with van der Waals surface area (Å²) in [5.74, 6) is 0. The maximum absolute atomic E-state index is 2.47. The molecule has 1 heterocycles. The molecule has 1 aromatic heterocycles. The molecule has 1 heteroatoms. The van der Waals surface area contributed by atoms with E-state index in [2.05, 4.69) is 198 Å². The summed E-state index contributed by atoms with van der Waals surface area (Å²) in [6.07, 6.45) is 0. The van der Waals surface area contributed by atoms with E-state index in [1.807, 2.05) is 11.3 Å². The molecule has 0 bridgehead atoms. The van der Waals surface area contributed by atoms with E-state index in [0.717, 1.165) is 0 Å². The third kappa shape index (κ3) is 4.76. The molecular weight excluding hydrogens is 681 g/mol. The third-order valence-electron chi connectivity index (χ3n) is 12.7. The standard InChI is InChI=1S/C54H40S/c1-53(2)47-21-13-11-19-39(47)43-27-35(23-25-49(43)53)41-29-37(33-15-7-5-8-16-33)31-45-46-32-38(34-17-9-6-10-18-34)30-42(52(46)55-51(41)45)36-24-26-50-44(28-36)40-20-12-14-22-48(40)54(50,3)4/h5-32H,1-4H3. The van der Waals surface area contributed by atoms with Gasteiger partial charge in [-0.2, -0.15) is 0 Å². The summed E-state index contributed by atoms with van der Waals surface area (Å²) in [5.41, 5.74) is 21.0. The summed E-state index contributed by atoms with van der Waals surface area (Å²) in [4.78, 5) is 0. The molecule has 9 aromatic rings. The Morgan fingerprint density at radius 3 is 1.09 bits per heavy atom. The first-order valence-electron chi connectivity index (χ1n) is 19.4. The van der Waals surface area contributed by atoms with E-state index >= 15 is 0 Å². The Morgan fingerprint density at radius 1 is 0.291 bits per heavy atom. The Labute approximate surface area is 327 Å². The number of fused-ring (bicyclic) bond motifs is 9. The molecule has 0 nitrogen and oxygen atoms in total. The highest BCUT2D eigenvalue weighted by Crippen LogP contribution is 2.53.